The van der Waals surface area contributed by atoms with Crippen molar-refractivity contribution in [2.24, 2.45) is 0 Å². The molecule has 0 aliphatic heterocycles. The molecule has 0 rings (SSSR count). The molecule has 6 radical (unpaired) electrons. The monoisotopic (exact) mass is 675 g/mol. The van der Waals surface area contributed by atoms with Crippen molar-refractivity contribution in [3.63, 3.8) is 0 Å². The normalized spacial score (nSPS) is 1.20. The minimum absolute atomic E-state index is 0. The van der Waals surface area contributed by atoms with Gasteiger partial charge in [-0.3, -0.25) is 0 Å². The van der Waals surface area contributed by atoms with Crippen LogP contribution in [0.2, 0.25) is 0 Å². The molecular weight excluding hydrogens is 653 g/mol. The molecule has 0 bridgehead atoms. The van der Waals surface area contributed by atoms with Gasteiger partial charge in [0.2, 0.25) is 0 Å². The standard InChI is InChI=1S/3CH4O.3CH3.6Y/c3*1-2;;;;;;;;;/h3*2H,1H3;3*1H3;;;;;;/q;;;3*-1;;;;;;. The zero-order valence-electron chi connectivity index (χ0n) is 10.8. The first-order valence-electron chi connectivity index (χ1n) is 1.34. The number of aliphatic hydroxyl groups is 3. The van der Waals surface area contributed by atoms with Gasteiger partial charge < -0.3 is 37.6 Å². The molecule has 9 heteroatoms. The van der Waals surface area contributed by atoms with E-state index in [0.717, 1.165) is 21.3 Å². The summed E-state index contributed by atoms with van der Waals surface area (Å²) in [5, 5.41) is 21.0. The molecule has 15 heavy (non-hydrogen) atoms. The SMILES string of the molecule is CO.CO.CO.[CH3-].[CH3-].[CH3-].[Y].[Y].[Y].[Y].[Y].[Y]. The Kier molecular flexibility index (Phi) is 1230. The van der Waals surface area contributed by atoms with Crippen molar-refractivity contribution < 1.29 is 212 Å². The second-order valence-electron chi connectivity index (χ2n) is 0. The quantitative estimate of drug-likeness (QED) is 0.322. The van der Waals surface area contributed by atoms with Gasteiger partial charge in [0, 0.05) is 218 Å². The van der Waals surface area contributed by atoms with Gasteiger partial charge in [-0.15, -0.1) is 0 Å². The maximum absolute atomic E-state index is 7.00. The average molecular weight is 675 g/mol. The number of rotatable bonds is 0. The summed E-state index contributed by atoms with van der Waals surface area (Å²) in [5.41, 5.74) is 0. The maximum Gasteiger partial charge on any atom is 0.0319 e. The van der Waals surface area contributed by atoms with Gasteiger partial charge in [-0.25, -0.2) is 0 Å². The first-order chi connectivity index (χ1) is 3.00. The summed E-state index contributed by atoms with van der Waals surface area (Å²) in [6.07, 6.45) is 0. The molecule has 0 aromatic rings. The van der Waals surface area contributed by atoms with Gasteiger partial charge in [-0.1, -0.05) is 0 Å². The van der Waals surface area contributed by atoms with Crippen LogP contribution in [0.3, 0.4) is 0 Å². The Balaban J connectivity index is -0.000000000692. The molecule has 0 aromatic carbocycles. The zero-order valence-corrected chi connectivity index (χ0v) is 27.8. The molecule has 0 amide bonds. The molecule has 0 heterocycles. The second-order valence-corrected chi connectivity index (χ2v) is 0. The van der Waals surface area contributed by atoms with Crippen molar-refractivity contribution in [1.29, 1.82) is 0 Å². The van der Waals surface area contributed by atoms with Gasteiger partial charge in [0.15, 0.2) is 0 Å². The minimum Gasteiger partial charge on any atom is -0.400 e. The van der Waals surface area contributed by atoms with Crippen LogP contribution in [0.15, 0.2) is 0 Å². The molecule has 0 atom stereocenters. The minimum atomic E-state index is 0. The summed E-state index contributed by atoms with van der Waals surface area (Å²) in [5.74, 6) is 0. The van der Waals surface area contributed by atoms with Gasteiger partial charge in [-0.2, -0.15) is 0 Å². The van der Waals surface area contributed by atoms with E-state index in [1.807, 2.05) is 0 Å². The van der Waals surface area contributed by atoms with E-state index < -0.39 is 0 Å². The van der Waals surface area contributed by atoms with Crippen molar-refractivity contribution in [3.8, 4) is 0 Å². The number of aliphatic hydroxyl groups excluding tert-OH is 3. The molecule has 84 valence electrons. The topological polar surface area (TPSA) is 60.7 Å². The predicted octanol–water partition coefficient (Wildman–Crippen LogP) is 0.161. The Labute approximate surface area is 248 Å². The van der Waals surface area contributed by atoms with E-state index in [-0.39, 0.29) is 219 Å². The smallest absolute Gasteiger partial charge is 0.0319 e. The van der Waals surface area contributed by atoms with E-state index in [0.29, 0.717) is 0 Å². The molecule has 0 aliphatic rings. The van der Waals surface area contributed by atoms with E-state index >= 15 is 0 Å². The third kappa shape index (κ3) is 166. The van der Waals surface area contributed by atoms with Gasteiger partial charge in [0.1, 0.15) is 0 Å². The van der Waals surface area contributed by atoms with Crippen LogP contribution in [0.1, 0.15) is 0 Å². The van der Waals surface area contributed by atoms with Gasteiger partial charge in [0.05, 0.1) is 0 Å². The van der Waals surface area contributed by atoms with Crippen molar-refractivity contribution >= 4 is 0 Å². The van der Waals surface area contributed by atoms with Crippen molar-refractivity contribution in [2.75, 3.05) is 21.3 Å². The third-order valence-corrected chi connectivity index (χ3v) is 0. The Morgan fingerprint density at radius 1 is 0.333 bits per heavy atom. The van der Waals surface area contributed by atoms with Crippen LogP contribution in [-0.2, 0) is 196 Å². The molecule has 0 saturated heterocycles. The van der Waals surface area contributed by atoms with E-state index in [1.165, 1.54) is 0 Å². The van der Waals surface area contributed by atoms with Crippen molar-refractivity contribution in [1.82, 2.24) is 0 Å². The summed E-state index contributed by atoms with van der Waals surface area (Å²) in [6.45, 7) is 0. The van der Waals surface area contributed by atoms with Crippen LogP contribution < -0.4 is 0 Å². The Morgan fingerprint density at radius 3 is 0.333 bits per heavy atom. The summed E-state index contributed by atoms with van der Waals surface area (Å²) < 4.78 is 0. The molecule has 0 saturated carbocycles. The molecule has 3 nitrogen and oxygen atoms in total. The van der Waals surface area contributed by atoms with Crippen LogP contribution in [0.25, 0.3) is 0 Å². The van der Waals surface area contributed by atoms with Gasteiger partial charge >= 0.3 is 0 Å². The summed E-state index contributed by atoms with van der Waals surface area (Å²) in [6, 6.07) is 0. The maximum atomic E-state index is 7.00. The number of hydrogen-bond donors (Lipinski definition) is 3. The van der Waals surface area contributed by atoms with Crippen molar-refractivity contribution in [3.05, 3.63) is 22.3 Å². The Bertz CT molecular complexity index is 22.8. The second kappa shape index (κ2) is 184. The average Bonchev–Trinajstić information content (AvgIpc) is 1.81. The Hall–Kier alpha value is 6.50. The summed E-state index contributed by atoms with van der Waals surface area (Å²) in [4.78, 5) is 0. The van der Waals surface area contributed by atoms with Crippen LogP contribution in [0.4, 0.5) is 0 Å². The molecule has 0 unspecified atom stereocenters. The molecule has 0 aliphatic carbocycles. The van der Waals surface area contributed by atoms with Gasteiger partial charge in [-0.05, 0) is 0 Å². The third-order valence-electron chi connectivity index (χ3n) is 0. The largest absolute Gasteiger partial charge is 0.400 e. The van der Waals surface area contributed by atoms with Crippen molar-refractivity contribution in [2.45, 2.75) is 0 Å². The van der Waals surface area contributed by atoms with Crippen LogP contribution >= 0.6 is 0 Å². The summed E-state index contributed by atoms with van der Waals surface area (Å²) >= 11 is 0. The first kappa shape index (κ1) is 100. The van der Waals surface area contributed by atoms with E-state index in [9.17, 15) is 0 Å². The fourth-order valence-corrected chi connectivity index (χ4v) is 0. The first-order valence-corrected chi connectivity index (χ1v) is 1.34. The van der Waals surface area contributed by atoms with Crippen LogP contribution in [0, 0.1) is 22.3 Å². The van der Waals surface area contributed by atoms with E-state index in [1.54, 1.807) is 0 Å². The molecule has 0 aromatic heterocycles. The zero-order chi connectivity index (χ0) is 6.00. The predicted molar refractivity (Wildman–Crippen MR) is 43.7 cm³/mol. The molecular formula is C6H21O3Y6-3. The Morgan fingerprint density at radius 2 is 0.333 bits per heavy atom. The molecule has 0 fully saturated rings. The van der Waals surface area contributed by atoms with Gasteiger partial charge in [0.25, 0.3) is 0 Å². The fourth-order valence-electron chi connectivity index (χ4n) is 0. The van der Waals surface area contributed by atoms with E-state index in [2.05, 4.69) is 0 Å². The number of hydrogen-bond acceptors (Lipinski definition) is 3. The molecule has 0 spiro atoms. The summed E-state index contributed by atoms with van der Waals surface area (Å²) in [7, 11) is 3.00. The van der Waals surface area contributed by atoms with Crippen LogP contribution in [0.5, 0.6) is 0 Å². The van der Waals surface area contributed by atoms with Crippen LogP contribution in [-0.4, -0.2) is 36.6 Å². The molecule has 3 N–H and O–H groups in total. The fraction of sp³-hybridized carbons (Fsp3) is 0.500. The van der Waals surface area contributed by atoms with E-state index in [4.69, 9.17) is 15.3 Å².